The van der Waals surface area contributed by atoms with Crippen molar-refractivity contribution in [1.29, 1.82) is 0 Å². The highest BCUT2D eigenvalue weighted by Gasteiger charge is 2.28. The maximum absolute atomic E-state index is 13.3. The third-order valence-corrected chi connectivity index (χ3v) is 5.97. The molecule has 0 aliphatic carbocycles. The molecule has 0 unspecified atom stereocenters. The minimum absolute atomic E-state index is 0.114. The molecule has 5 heteroatoms. The van der Waals surface area contributed by atoms with E-state index in [1.54, 1.807) is 13.0 Å². The van der Waals surface area contributed by atoms with Crippen molar-refractivity contribution < 1.29 is 8.42 Å². The average Bonchev–Trinajstić information content (AvgIpc) is 2.92. The third-order valence-electron chi connectivity index (χ3n) is 4.28. The van der Waals surface area contributed by atoms with E-state index in [9.17, 15) is 8.42 Å². The fourth-order valence-electron chi connectivity index (χ4n) is 2.81. The smallest absolute Gasteiger partial charge is 0.199 e. The summed E-state index contributed by atoms with van der Waals surface area (Å²) in [5.41, 5.74) is 3.61. The first-order valence-corrected chi connectivity index (χ1v) is 9.95. The molecule has 0 fully saturated rings. The Morgan fingerprint density at radius 3 is 1.75 bits per heavy atom. The SMILES string of the molecule is Cc1ccn(S(=O)(=O)c2c(C(C)C)cc(C(C)C)cc2C(C)C)n1. The first kappa shape index (κ1) is 18.7. The molecule has 2 aromatic rings. The van der Waals surface area contributed by atoms with Crippen LogP contribution in [-0.2, 0) is 10.0 Å². The van der Waals surface area contributed by atoms with Gasteiger partial charge in [0.1, 0.15) is 0 Å². The lowest BCUT2D eigenvalue weighted by Crippen LogP contribution is -2.19. The van der Waals surface area contributed by atoms with Crippen LogP contribution in [-0.4, -0.2) is 17.6 Å². The Morgan fingerprint density at radius 1 is 0.917 bits per heavy atom. The molecule has 0 aliphatic rings. The predicted molar refractivity (Wildman–Crippen MR) is 98.3 cm³/mol. The van der Waals surface area contributed by atoms with Crippen LogP contribution in [0.15, 0.2) is 29.3 Å². The summed E-state index contributed by atoms with van der Waals surface area (Å²) in [6.07, 6.45) is 1.52. The topological polar surface area (TPSA) is 52.0 Å². The molecule has 0 N–H and O–H groups in total. The van der Waals surface area contributed by atoms with Gasteiger partial charge in [-0.1, -0.05) is 53.7 Å². The largest absolute Gasteiger partial charge is 0.283 e. The van der Waals surface area contributed by atoms with Crippen LogP contribution in [0.25, 0.3) is 0 Å². The Labute approximate surface area is 146 Å². The molecule has 0 saturated heterocycles. The summed E-state index contributed by atoms with van der Waals surface area (Å²) >= 11 is 0. The van der Waals surface area contributed by atoms with Gasteiger partial charge in [-0.2, -0.15) is 17.6 Å². The number of aryl methyl sites for hydroxylation is 1. The highest BCUT2D eigenvalue weighted by atomic mass is 32.2. The fourth-order valence-corrected chi connectivity index (χ4v) is 4.64. The van der Waals surface area contributed by atoms with Crippen molar-refractivity contribution in [2.75, 3.05) is 0 Å². The van der Waals surface area contributed by atoms with Gasteiger partial charge in [-0.05, 0) is 47.4 Å². The monoisotopic (exact) mass is 348 g/mol. The van der Waals surface area contributed by atoms with Crippen LogP contribution in [0.2, 0.25) is 0 Å². The van der Waals surface area contributed by atoms with E-state index in [4.69, 9.17) is 0 Å². The van der Waals surface area contributed by atoms with Crippen molar-refractivity contribution >= 4 is 10.0 Å². The van der Waals surface area contributed by atoms with E-state index in [-0.39, 0.29) is 11.8 Å². The van der Waals surface area contributed by atoms with Crippen LogP contribution in [0.1, 0.15) is 81.7 Å². The number of benzene rings is 1. The van der Waals surface area contributed by atoms with E-state index >= 15 is 0 Å². The first-order chi connectivity index (χ1) is 11.1. The number of hydrogen-bond donors (Lipinski definition) is 0. The summed E-state index contributed by atoms with van der Waals surface area (Å²) < 4.78 is 27.7. The second-order valence-electron chi connectivity index (χ2n) is 7.33. The number of aromatic nitrogens is 2. The highest BCUT2D eigenvalue weighted by molar-refractivity contribution is 7.90. The number of nitrogens with zero attached hydrogens (tertiary/aromatic N) is 2. The van der Waals surface area contributed by atoms with Crippen molar-refractivity contribution in [2.45, 2.75) is 71.1 Å². The Balaban J connectivity index is 2.85. The van der Waals surface area contributed by atoms with Crippen LogP contribution in [0.5, 0.6) is 0 Å². The van der Waals surface area contributed by atoms with Gasteiger partial charge in [0.2, 0.25) is 0 Å². The van der Waals surface area contributed by atoms with Gasteiger partial charge in [0.15, 0.2) is 0 Å². The van der Waals surface area contributed by atoms with Crippen molar-refractivity contribution in [3.63, 3.8) is 0 Å². The van der Waals surface area contributed by atoms with Crippen molar-refractivity contribution in [2.24, 2.45) is 0 Å². The van der Waals surface area contributed by atoms with E-state index in [0.717, 1.165) is 15.2 Å². The Hall–Kier alpha value is -1.62. The summed E-state index contributed by atoms with van der Waals surface area (Å²) in [5, 5.41) is 4.15. The molecule has 24 heavy (non-hydrogen) atoms. The summed E-state index contributed by atoms with van der Waals surface area (Å²) in [6.45, 7) is 14.2. The molecule has 2 rings (SSSR count). The van der Waals surface area contributed by atoms with Crippen LogP contribution in [0.3, 0.4) is 0 Å². The molecule has 1 aromatic carbocycles. The zero-order valence-corrected chi connectivity index (χ0v) is 16.5. The maximum atomic E-state index is 13.3. The van der Waals surface area contributed by atoms with Crippen molar-refractivity contribution in [1.82, 2.24) is 9.19 Å². The third kappa shape index (κ3) is 3.41. The standard InChI is InChI=1S/C19H28N2O2S/c1-12(2)16-10-17(13(3)4)19(18(11-16)14(5)6)24(22,23)21-9-8-15(7)20-21/h8-14H,1-7H3. The Bertz CT molecular complexity index is 802. The molecule has 0 amide bonds. The van der Waals surface area contributed by atoms with Gasteiger partial charge in [0.05, 0.1) is 10.6 Å². The Morgan fingerprint density at radius 2 is 1.42 bits per heavy atom. The zero-order chi connectivity index (χ0) is 18.2. The van der Waals surface area contributed by atoms with E-state index in [0.29, 0.717) is 16.5 Å². The van der Waals surface area contributed by atoms with Crippen molar-refractivity contribution in [3.05, 3.63) is 46.8 Å². The average molecular weight is 349 g/mol. The zero-order valence-electron chi connectivity index (χ0n) is 15.7. The Kier molecular flexibility index (Phi) is 5.23. The molecule has 0 bridgehead atoms. The van der Waals surface area contributed by atoms with Gasteiger partial charge in [-0.15, -0.1) is 0 Å². The van der Waals surface area contributed by atoms with Gasteiger partial charge in [0.25, 0.3) is 10.0 Å². The summed E-state index contributed by atoms with van der Waals surface area (Å²) in [5.74, 6) is 0.578. The second kappa shape index (κ2) is 6.71. The molecular formula is C19H28N2O2S. The molecule has 1 aromatic heterocycles. The molecule has 4 nitrogen and oxygen atoms in total. The van der Waals surface area contributed by atoms with Crippen molar-refractivity contribution in [3.8, 4) is 0 Å². The van der Waals surface area contributed by atoms with Crippen LogP contribution >= 0.6 is 0 Å². The molecule has 0 saturated carbocycles. The second-order valence-corrected chi connectivity index (χ2v) is 9.06. The summed E-state index contributed by atoms with van der Waals surface area (Å²) in [7, 11) is -3.71. The predicted octanol–water partition coefficient (Wildman–Crippen LogP) is 4.80. The normalized spacial score (nSPS) is 12.6. The molecule has 0 spiro atoms. The minimum Gasteiger partial charge on any atom is -0.199 e. The fraction of sp³-hybridized carbons (Fsp3) is 0.526. The first-order valence-electron chi connectivity index (χ1n) is 8.51. The maximum Gasteiger partial charge on any atom is 0.283 e. The van der Waals surface area contributed by atoms with E-state index in [1.807, 2.05) is 39.8 Å². The van der Waals surface area contributed by atoms with Crippen LogP contribution < -0.4 is 0 Å². The summed E-state index contributed by atoms with van der Waals surface area (Å²) in [6, 6.07) is 5.80. The van der Waals surface area contributed by atoms with Gasteiger partial charge in [-0.3, -0.25) is 0 Å². The summed E-state index contributed by atoms with van der Waals surface area (Å²) in [4.78, 5) is 0.417. The quantitative estimate of drug-likeness (QED) is 0.780. The van der Waals surface area contributed by atoms with Gasteiger partial charge in [0, 0.05) is 6.20 Å². The number of rotatable bonds is 5. The van der Waals surface area contributed by atoms with Gasteiger partial charge >= 0.3 is 0 Å². The highest BCUT2D eigenvalue weighted by Crippen LogP contribution is 2.35. The number of hydrogen-bond acceptors (Lipinski definition) is 3. The minimum atomic E-state index is -3.71. The molecule has 0 atom stereocenters. The van der Waals surface area contributed by atoms with Gasteiger partial charge < -0.3 is 0 Å². The molecule has 0 radical (unpaired) electrons. The lowest BCUT2D eigenvalue weighted by atomic mass is 9.89. The lowest BCUT2D eigenvalue weighted by molar-refractivity contribution is 0.574. The van der Waals surface area contributed by atoms with Gasteiger partial charge in [-0.25, -0.2) is 0 Å². The van der Waals surface area contributed by atoms with Crippen LogP contribution in [0, 0.1) is 6.92 Å². The molecule has 132 valence electrons. The van der Waals surface area contributed by atoms with E-state index in [1.165, 1.54) is 11.8 Å². The molecule has 0 aliphatic heterocycles. The lowest BCUT2D eigenvalue weighted by Gasteiger charge is -2.22. The molecular weight excluding hydrogens is 320 g/mol. The van der Waals surface area contributed by atoms with Crippen LogP contribution in [0.4, 0.5) is 0 Å². The molecule has 1 heterocycles. The van der Waals surface area contributed by atoms with E-state index in [2.05, 4.69) is 18.9 Å². The van der Waals surface area contributed by atoms with E-state index < -0.39 is 10.0 Å².